The van der Waals surface area contributed by atoms with E-state index in [1.165, 1.54) is 7.11 Å². The highest BCUT2D eigenvalue weighted by atomic mass is 16.6. The minimum Gasteiger partial charge on any atom is -0.493 e. The third kappa shape index (κ3) is 3.34. The molecule has 0 spiro atoms. The van der Waals surface area contributed by atoms with Crippen LogP contribution in [-0.2, 0) is 17.6 Å². The van der Waals surface area contributed by atoms with Gasteiger partial charge in [0.2, 0.25) is 5.82 Å². The molecule has 27 heavy (non-hydrogen) atoms. The monoisotopic (exact) mass is 373 g/mol. The summed E-state index contributed by atoms with van der Waals surface area (Å²) in [5, 5.41) is 0. The first kappa shape index (κ1) is 18.8. The second kappa shape index (κ2) is 6.61. The summed E-state index contributed by atoms with van der Waals surface area (Å²) in [7, 11) is 3.09. The van der Waals surface area contributed by atoms with Gasteiger partial charge >= 0.3 is 5.97 Å². The summed E-state index contributed by atoms with van der Waals surface area (Å²) in [6.45, 7) is 5.32. The number of esters is 1. The molecule has 0 saturated heterocycles. The highest BCUT2D eigenvalue weighted by molar-refractivity contribution is 5.95. The Bertz CT molecular complexity index is 924. The van der Waals surface area contributed by atoms with Crippen LogP contribution in [0.4, 0.5) is 0 Å². The number of hydrogen-bond donors (Lipinski definition) is 1. The van der Waals surface area contributed by atoms with Gasteiger partial charge in [-0.25, -0.2) is 9.78 Å². The number of hydrogen-bond acceptors (Lipinski definition) is 6. The SMILES string of the molecule is COc1cc2c(cc1OC)-n1c(C(N)=O)nc(C(=O)OC(C)(C)C)c1CC2. The van der Waals surface area contributed by atoms with Gasteiger partial charge in [0.15, 0.2) is 17.2 Å². The largest absolute Gasteiger partial charge is 0.493 e. The second-order valence-electron chi connectivity index (χ2n) is 7.27. The number of methoxy groups -OCH3 is 2. The van der Waals surface area contributed by atoms with Crippen LogP contribution < -0.4 is 15.2 Å². The fraction of sp³-hybridized carbons (Fsp3) is 0.421. The van der Waals surface area contributed by atoms with Gasteiger partial charge in [-0.15, -0.1) is 0 Å². The van der Waals surface area contributed by atoms with Crippen LogP contribution in [-0.4, -0.2) is 41.2 Å². The molecule has 0 bridgehead atoms. The molecule has 8 heteroatoms. The van der Waals surface area contributed by atoms with Crippen LogP contribution >= 0.6 is 0 Å². The van der Waals surface area contributed by atoms with Gasteiger partial charge in [-0.05, 0) is 45.2 Å². The van der Waals surface area contributed by atoms with Crippen LogP contribution in [0.25, 0.3) is 5.69 Å². The molecule has 0 saturated carbocycles. The van der Waals surface area contributed by atoms with E-state index in [9.17, 15) is 9.59 Å². The first-order valence-corrected chi connectivity index (χ1v) is 8.56. The first-order valence-electron chi connectivity index (χ1n) is 8.56. The summed E-state index contributed by atoms with van der Waals surface area (Å²) in [4.78, 5) is 28.8. The summed E-state index contributed by atoms with van der Waals surface area (Å²) in [5.41, 5.74) is 7.19. The van der Waals surface area contributed by atoms with Crippen molar-refractivity contribution >= 4 is 11.9 Å². The van der Waals surface area contributed by atoms with Gasteiger partial charge in [-0.3, -0.25) is 9.36 Å². The molecule has 0 aliphatic carbocycles. The van der Waals surface area contributed by atoms with E-state index in [1.54, 1.807) is 38.5 Å². The second-order valence-corrected chi connectivity index (χ2v) is 7.27. The Kier molecular flexibility index (Phi) is 4.59. The molecule has 0 unspecified atom stereocenters. The number of aromatic nitrogens is 2. The fourth-order valence-electron chi connectivity index (χ4n) is 3.17. The molecule has 3 rings (SSSR count). The van der Waals surface area contributed by atoms with Gasteiger partial charge < -0.3 is 19.9 Å². The number of aryl methyl sites for hydroxylation is 1. The number of amides is 1. The molecule has 0 atom stereocenters. The van der Waals surface area contributed by atoms with Crippen molar-refractivity contribution in [2.45, 2.75) is 39.2 Å². The third-order valence-electron chi connectivity index (χ3n) is 4.24. The predicted octanol–water partition coefficient (Wildman–Crippen LogP) is 2.04. The fourth-order valence-corrected chi connectivity index (χ4v) is 3.17. The molecule has 1 aliphatic rings. The van der Waals surface area contributed by atoms with Crippen LogP contribution in [0.2, 0.25) is 0 Å². The molecule has 2 heterocycles. The molecule has 1 amide bonds. The summed E-state index contributed by atoms with van der Waals surface area (Å²) >= 11 is 0. The van der Waals surface area contributed by atoms with Gasteiger partial charge in [-0.1, -0.05) is 0 Å². The zero-order chi connectivity index (χ0) is 19.9. The molecule has 1 aliphatic heterocycles. The maximum atomic E-state index is 12.6. The lowest BCUT2D eigenvalue weighted by Gasteiger charge is -2.23. The molecular weight excluding hydrogens is 350 g/mol. The summed E-state index contributed by atoms with van der Waals surface area (Å²) in [6, 6.07) is 3.61. The predicted molar refractivity (Wildman–Crippen MR) is 97.8 cm³/mol. The maximum absolute atomic E-state index is 12.6. The minimum atomic E-state index is -0.728. The van der Waals surface area contributed by atoms with Crippen LogP contribution in [0.1, 0.15) is 53.1 Å². The Hall–Kier alpha value is -3.03. The maximum Gasteiger partial charge on any atom is 0.359 e. The normalized spacial score (nSPS) is 12.8. The zero-order valence-electron chi connectivity index (χ0n) is 16.1. The number of fused-ring (bicyclic) bond motifs is 3. The first-order chi connectivity index (χ1) is 12.7. The Morgan fingerprint density at radius 2 is 1.74 bits per heavy atom. The van der Waals surface area contributed by atoms with Gasteiger partial charge in [-0.2, -0.15) is 0 Å². The molecule has 1 aromatic carbocycles. The number of benzene rings is 1. The van der Waals surface area contributed by atoms with Crippen molar-refractivity contribution in [1.82, 2.24) is 9.55 Å². The molecule has 2 aromatic rings. The highest BCUT2D eigenvalue weighted by Crippen LogP contribution is 2.37. The van der Waals surface area contributed by atoms with Crippen molar-refractivity contribution in [2.24, 2.45) is 5.73 Å². The third-order valence-corrected chi connectivity index (χ3v) is 4.24. The van der Waals surface area contributed by atoms with Crippen molar-refractivity contribution in [3.63, 3.8) is 0 Å². The van der Waals surface area contributed by atoms with E-state index in [0.717, 1.165) is 5.56 Å². The van der Waals surface area contributed by atoms with E-state index in [2.05, 4.69) is 4.98 Å². The number of ether oxygens (including phenoxy) is 3. The lowest BCUT2D eigenvalue weighted by molar-refractivity contribution is 0.00619. The average Bonchev–Trinajstić information content (AvgIpc) is 2.99. The van der Waals surface area contributed by atoms with E-state index in [0.29, 0.717) is 35.7 Å². The van der Waals surface area contributed by atoms with E-state index in [4.69, 9.17) is 19.9 Å². The number of rotatable bonds is 4. The van der Waals surface area contributed by atoms with E-state index < -0.39 is 17.5 Å². The Labute approximate surface area is 157 Å². The Balaban J connectivity index is 2.20. The van der Waals surface area contributed by atoms with Crippen LogP contribution in [0.3, 0.4) is 0 Å². The van der Waals surface area contributed by atoms with E-state index in [1.807, 2.05) is 6.07 Å². The molecular formula is C19H23N3O5. The van der Waals surface area contributed by atoms with Crippen molar-refractivity contribution in [2.75, 3.05) is 14.2 Å². The number of imidazole rings is 1. The quantitative estimate of drug-likeness (QED) is 0.822. The average molecular weight is 373 g/mol. The van der Waals surface area contributed by atoms with Crippen LogP contribution in [0.15, 0.2) is 12.1 Å². The number of nitrogens with zero attached hydrogens (tertiary/aromatic N) is 2. The van der Waals surface area contributed by atoms with Crippen molar-refractivity contribution < 1.29 is 23.8 Å². The topological polar surface area (TPSA) is 106 Å². The van der Waals surface area contributed by atoms with Crippen LogP contribution in [0, 0.1) is 0 Å². The zero-order valence-corrected chi connectivity index (χ0v) is 16.1. The van der Waals surface area contributed by atoms with Crippen molar-refractivity contribution in [3.8, 4) is 17.2 Å². The minimum absolute atomic E-state index is 0.0148. The van der Waals surface area contributed by atoms with E-state index >= 15 is 0 Å². The molecule has 144 valence electrons. The van der Waals surface area contributed by atoms with E-state index in [-0.39, 0.29) is 11.5 Å². The molecule has 2 N–H and O–H groups in total. The number of carbonyl (C=O) groups excluding carboxylic acids is 2. The van der Waals surface area contributed by atoms with Gasteiger partial charge in [0.05, 0.1) is 25.6 Å². The lowest BCUT2D eigenvalue weighted by atomic mass is 9.99. The molecule has 0 fully saturated rings. The number of nitrogens with two attached hydrogens (primary N) is 1. The molecule has 1 aromatic heterocycles. The smallest absolute Gasteiger partial charge is 0.359 e. The molecule has 8 nitrogen and oxygen atoms in total. The molecule has 0 radical (unpaired) electrons. The van der Waals surface area contributed by atoms with Crippen LogP contribution in [0.5, 0.6) is 11.5 Å². The lowest BCUT2D eigenvalue weighted by Crippen LogP contribution is -2.25. The summed E-state index contributed by atoms with van der Waals surface area (Å²) in [5.74, 6) is -0.227. The standard InChI is InChI=1S/C19H23N3O5/c1-19(2,3)27-18(24)15-11-7-6-10-8-13(25-4)14(26-5)9-12(10)22(11)17(21-15)16(20)23/h8-9H,6-7H2,1-5H3,(H2,20,23). The number of primary amides is 1. The van der Waals surface area contributed by atoms with Crippen molar-refractivity contribution in [1.29, 1.82) is 0 Å². The highest BCUT2D eigenvalue weighted by Gasteiger charge is 2.32. The van der Waals surface area contributed by atoms with Gasteiger partial charge in [0, 0.05) is 6.07 Å². The summed E-state index contributed by atoms with van der Waals surface area (Å²) in [6.07, 6.45) is 1.16. The van der Waals surface area contributed by atoms with Gasteiger partial charge in [0.1, 0.15) is 5.60 Å². The Morgan fingerprint density at radius 3 is 2.30 bits per heavy atom. The number of carbonyl (C=O) groups is 2. The summed E-state index contributed by atoms with van der Waals surface area (Å²) < 4.78 is 17.8. The Morgan fingerprint density at radius 1 is 1.11 bits per heavy atom. The van der Waals surface area contributed by atoms with Gasteiger partial charge in [0.25, 0.3) is 5.91 Å². The van der Waals surface area contributed by atoms with Crippen molar-refractivity contribution in [3.05, 3.63) is 34.9 Å².